The van der Waals surface area contributed by atoms with E-state index in [-0.39, 0.29) is 0 Å². The summed E-state index contributed by atoms with van der Waals surface area (Å²) in [7, 11) is 0. The molecule has 0 radical (unpaired) electrons. The number of nitrogens with zero attached hydrogens (tertiary/aromatic N) is 1. The fourth-order valence-electron chi connectivity index (χ4n) is 4.36. The van der Waals surface area contributed by atoms with Crippen LogP contribution in [0.3, 0.4) is 0 Å². The van der Waals surface area contributed by atoms with E-state index in [1.165, 1.54) is 36.0 Å². The summed E-state index contributed by atoms with van der Waals surface area (Å²) >= 11 is 0. The Bertz CT molecular complexity index is 728. The van der Waals surface area contributed by atoms with Crippen molar-refractivity contribution < 1.29 is 9.84 Å². The molecule has 1 aromatic heterocycles. The number of rotatable bonds is 7. The van der Waals surface area contributed by atoms with Crippen LogP contribution in [-0.2, 0) is 12.8 Å². The Morgan fingerprint density at radius 3 is 2.33 bits per heavy atom. The van der Waals surface area contributed by atoms with Gasteiger partial charge in [-0.15, -0.1) is 0 Å². The first kappa shape index (κ1) is 19.9. The van der Waals surface area contributed by atoms with Gasteiger partial charge in [-0.1, -0.05) is 51.3 Å². The summed E-state index contributed by atoms with van der Waals surface area (Å²) in [5, 5.41) is 11.0. The van der Waals surface area contributed by atoms with Crippen LogP contribution in [0, 0.1) is 5.92 Å². The summed E-state index contributed by atoms with van der Waals surface area (Å²) in [5.74, 6) is 1.10. The molecule has 3 nitrogen and oxygen atoms in total. The van der Waals surface area contributed by atoms with Crippen LogP contribution in [0.4, 0.5) is 0 Å². The zero-order valence-electron chi connectivity index (χ0n) is 17.0. The second kappa shape index (κ2) is 9.36. The van der Waals surface area contributed by atoms with Crippen molar-refractivity contribution in [1.82, 2.24) is 4.98 Å². The molecule has 1 fully saturated rings. The fraction of sp³-hybridized carbons (Fsp3) is 0.542. The number of hydrogen-bond acceptors (Lipinski definition) is 3. The Balaban J connectivity index is 2.01. The first-order valence-corrected chi connectivity index (χ1v) is 10.6. The molecule has 146 valence electrons. The topological polar surface area (TPSA) is 42.4 Å². The summed E-state index contributed by atoms with van der Waals surface area (Å²) in [4.78, 5) is 4.78. The van der Waals surface area contributed by atoms with Gasteiger partial charge in [0.25, 0.3) is 0 Å². The van der Waals surface area contributed by atoms with Gasteiger partial charge in [0.1, 0.15) is 5.75 Å². The highest BCUT2D eigenvalue weighted by Gasteiger charge is 2.26. The lowest BCUT2D eigenvalue weighted by molar-refractivity contribution is 0.0816. The third-order valence-electron chi connectivity index (χ3n) is 5.86. The van der Waals surface area contributed by atoms with Gasteiger partial charge in [0.15, 0.2) is 0 Å². The van der Waals surface area contributed by atoms with Crippen molar-refractivity contribution in [2.24, 2.45) is 5.92 Å². The van der Waals surface area contributed by atoms with E-state index in [0.29, 0.717) is 12.5 Å². The molecular weight excluding hydrogens is 334 g/mol. The number of aromatic nitrogens is 1. The minimum absolute atomic E-state index is 0.319. The predicted molar refractivity (Wildman–Crippen MR) is 111 cm³/mol. The fourth-order valence-corrected chi connectivity index (χ4v) is 4.36. The predicted octanol–water partition coefficient (Wildman–Crippen LogP) is 5.89. The Labute approximate surface area is 163 Å². The second-order valence-electron chi connectivity index (χ2n) is 7.54. The molecular formula is C24H33NO2. The summed E-state index contributed by atoms with van der Waals surface area (Å²) in [6.45, 7) is 6.95. The van der Waals surface area contributed by atoms with Gasteiger partial charge < -0.3 is 9.84 Å². The average molecular weight is 368 g/mol. The molecule has 2 aromatic rings. The SMILES string of the molecule is CCOc1cc(-c2c(CC)cccc2CC)ncc1C(O)C1CCCCC1. The van der Waals surface area contributed by atoms with E-state index in [0.717, 1.165) is 42.7 Å². The lowest BCUT2D eigenvalue weighted by atomic mass is 9.82. The summed E-state index contributed by atoms with van der Waals surface area (Å²) in [6.07, 6.45) is 9.20. The van der Waals surface area contributed by atoms with Crippen LogP contribution < -0.4 is 4.74 Å². The van der Waals surface area contributed by atoms with Crippen molar-refractivity contribution in [2.45, 2.75) is 71.8 Å². The van der Waals surface area contributed by atoms with E-state index < -0.39 is 6.10 Å². The highest BCUT2D eigenvalue weighted by molar-refractivity contribution is 5.69. The van der Waals surface area contributed by atoms with E-state index in [1.807, 2.05) is 19.2 Å². The van der Waals surface area contributed by atoms with Crippen molar-refractivity contribution in [2.75, 3.05) is 6.61 Å². The van der Waals surface area contributed by atoms with Crippen LogP contribution >= 0.6 is 0 Å². The molecule has 1 saturated carbocycles. The quantitative estimate of drug-likeness (QED) is 0.664. The minimum atomic E-state index is -0.486. The number of aryl methyl sites for hydroxylation is 2. The monoisotopic (exact) mass is 367 g/mol. The van der Waals surface area contributed by atoms with Gasteiger partial charge in [-0.25, -0.2) is 0 Å². The maximum Gasteiger partial charge on any atom is 0.128 e. The van der Waals surface area contributed by atoms with Crippen LogP contribution in [-0.4, -0.2) is 16.7 Å². The number of benzene rings is 1. The number of aliphatic hydroxyl groups excluding tert-OH is 1. The van der Waals surface area contributed by atoms with Crippen molar-refractivity contribution in [1.29, 1.82) is 0 Å². The molecule has 27 heavy (non-hydrogen) atoms. The molecule has 3 rings (SSSR count). The molecule has 1 heterocycles. The molecule has 1 aliphatic rings. The van der Waals surface area contributed by atoms with Gasteiger partial charge in [-0.2, -0.15) is 0 Å². The van der Waals surface area contributed by atoms with Gasteiger partial charge in [-0.3, -0.25) is 4.98 Å². The molecule has 1 N–H and O–H groups in total. The van der Waals surface area contributed by atoms with E-state index in [4.69, 9.17) is 9.72 Å². The first-order valence-electron chi connectivity index (χ1n) is 10.6. The Hall–Kier alpha value is -1.87. The normalized spacial score (nSPS) is 16.3. The number of ether oxygens (including phenoxy) is 1. The van der Waals surface area contributed by atoms with Crippen molar-refractivity contribution >= 4 is 0 Å². The van der Waals surface area contributed by atoms with Gasteiger partial charge in [0.05, 0.1) is 18.4 Å². The average Bonchev–Trinajstić information content (AvgIpc) is 2.73. The first-order chi connectivity index (χ1) is 13.2. The van der Waals surface area contributed by atoms with Gasteiger partial charge in [-0.05, 0) is 49.7 Å². The minimum Gasteiger partial charge on any atom is -0.493 e. The zero-order valence-corrected chi connectivity index (χ0v) is 17.0. The van der Waals surface area contributed by atoms with E-state index in [2.05, 4.69) is 32.0 Å². The molecule has 0 aliphatic heterocycles. The number of hydrogen-bond donors (Lipinski definition) is 1. The van der Waals surface area contributed by atoms with Crippen LogP contribution in [0.5, 0.6) is 5.75 Å². The standard InChI is InChI=1S/C24H33NO2/c1-4-17-13-10-14-18(5-2)23(17)21-15-22(27-6-3)20(16-25-21)24(26)19-11-8-7-9-12-19/h10,13-16,19,24,26H,4-9,11-12H2,1-3H3. The third kappa shape index (κ3) is 4.35. The highest BCUT2D eigenvalue weighted by Crippen LogP contribution is 2.39. The molecule has 0 amide bonds. The Kier molecular flexibility index (Phi) is 6.89. The van der Waals surface area contributed by atoms with Crippen LogP contribution in [0.25, 0.3) is 11.3 Å². The molecule has 3 heteroatoms. The molecule has 1 aliphatic carbocycles. The van der Waals surface area contributed by atoms with Crippen molar-refractivity contribution in [3.8, 4) is 17.0 Å². The Morgan fingerprint density at radius 1 is 1.07 bits per heavy atom. The van der Waals surface area contributed by atoms with Crippen LogP contribution in [0.1, 0.15) is 75.7 Å². The lowest BCUT2D eigenvalue weighted by Gasteiger charge is -2.28. The van der Waals surface area contributed by atoms with E-state index in [1.54, 1.807) is 0 Å². The van der Waals surface area contributed by atoms with E-state index in [9.17, 15) is 5.11 Å². The van der Waals surface area contributed by atoms with Crippen LogP contribution in [0.15, 0.2) is 30.5 Å². The molecule has 0 saturated heterocycles. The van der Waals surface area contributed by atoms with Gasteiger partial charge in [0.2, 0.25) is 0 Å². The summed E-state index contributed by atoms with van der Waals surface area (Å²) in [6, 6.07) is 8.53. The van der Waals surface area contributed by atoms with E-state index >= 15 is 0 Å². The number of pyridine rings is 1. The van der Waals surface area contributed by atoms with Crippen molar-refractivity contribution in [3.05, 3.63) is 47.2 Å². The largest absolute Gasteiger partial charge is 0.493 e. The number of aliphatic hydroxyl groups is 1. The smallest absolute Gasteiger partial charge is 0.128 e. The molecule has 1 aromatic carbocycles. The summed E-state index contributed by atoms with van der Waals surface area (Å²) in [5.41, 5.74) is 5.64. The molecule has 1 atom stereocenters. The second-order valence-corrected chi connectivity index (χ2v) is 7.54. The summed E-state index contributed by atoms with van der Waals surface area (Å²) < 4.78 is 5.96. The van der Waals surface area contributed by atoms with Gasteiger partial charge in [0, 0.05) is 23.4 Å². The molecule has 1 unspecified atom stereocenters. The van der Waals surface area contributed by atoms with Crippen molar-refractivity contribution in [3.63, 3.8) is 0 Å². The zero-order chi connectivity index (χ0) is 19.2. The molecule has 0 bridgehead atoms. The maximum absolute atomic E-state index is 11.0. The lowest BCUT2D eigenvalue weighted by Crippen LogP contribution is -2.17. The maximum atomic E-state index is 11.0. The third-order valence-corrected chi connectivity index (χ3v) is 5.86. The van der Waals surface area contributed by atoms with Gasteiger partial charge >= 0.3 is 0 Å². The molecule has 0 spiro atoms. The van der Waals surface area contributed by atoms with Crippen LogP contribution in [0.2, 0.25) is 0 Å². The Morgan fingerprint density at radius 2 is 1.74 bits per heavy atom. The highest BCUT2D eigenvalue weighted by atomic mass is 16.5.